The molecule has 1 rings (SSSR count). The maximum Gasteiger partial charge on any atom is 0.337 e. The number of benzene rings is 1. The van der Waals surface area contributed by atoms with E-state index in [1.807, 2.05) is 0 Å². The number of hydrogen-bond acceptors (Lipinski definition) is 5. The first-order valence-electron chi connectivity index (χ1n) is 4.30. The van der Waals surface area contributed by atoms with Crippen LogP contribution >= 0.6 is 15.9 Å². The maximum absolute atomic E-state index is 11.4. The summed E-state index contributed by atoms with van der Waals surface area (Å²) in [5.41, 5.74) is 0.0594. The van der Waals surface area contributed by atoms with Crippen LogP contribution in [0.1, 0.15) is 10.4 Å². The van der Waals surface area contributed by atoms with Crippen molar-refractivity contribution in [2.24, 2.45) is 5.14 Å². The molecule has 1 aromatic rings. The second-order valence-corrected chi connectivity index (χ2v) is 5.41. The van der Waals surface area contributed by atoms with Crippen LogP contribution in [-0.2, 0) is 14.8 Å². The molecule has 17 heavy (non-hydrogen) atoms. The zero-order valence-corrected chi connectivity index (χ0v) is 11.5. The van der Waals surface area contributed by atoms with Crippen LogP contribution in [0.2, 0.25) is 0 Å². The van der Waals surface area contributed by atoms with Crippen molar-refractivity contribution in [2.45, 2.75) is 4.90 Å². The minimum absolute atomic E-state index is 0.0418. The molecule has 0 aliphatic carbocycles. The third kappa shape index (κ3) is 2.96. The van der Waals surface area contributed by atoms with Crippen LogP contribution in [-0.4, -0.2) is 28.6 Å². The number of carbonyl (C=O) groups excluding carboxylic acids is 1. The van der Waals surface area contributed by atoms with Crippen LogP contribution in [0.3, 0.4) is 0 Å². The van der Waals surface area contributed by atoms with Crippen molar-refractivity contribution in [3.8, 4) is 5.75 Å². The quantitative estimate of drug-likeness (QED) is 0.833. The first kappa shape index (κ1) is 13.9. The molecule has 0 saturated carbocycles. The SMILES string of the molecule is COC(=O)c1cc(Br)c(OC)c(S(N)(=O)=O)c1. The van der Waals surface area contributed by atoms with Crippen LogP contribution in [0.4, 0.5) is 0 Å². The summed E-state index contributed by atoms with van der Waals surface area (Å²) in [5, 5.41) is 5.03. The fourth-order valence-corrected chi connectivity index (χ4v) is 2.71. The minimum Gasteiger partial charge on any atom is -0.494 e. The smallest absolute Gasteiger partial charge is 0.337 e. The molecule has 6 nitrogen and oxygen atoms in total. The van der Waals surface area contributed by atoms with Gasteiger partial charge in [-0.1, -0.05) is 0 Å². The van der Waals surface area contributed by atoms with E-state index in [1.165, 1.54) is 20.3 Å². The van der Waals surface area contributed by atoms with Gasteiger partial charge in [0.05, 0.1) is 24.3 Å². The number of carbonyl (C=O) groups is 1. The summed E-state index contributed by atoms with van der Waals surface area (Å²) >= 11 is 3.10. The molecule has 0 unspecified atom stereocenters. The lowest BCUT2D eigenvalue weighted by molar-refractivity contribution is 0.0600. The Balaban J connectivity index is 3.56. The number of nitrogens with two attached hydrogens (primary N) is 1. The molecule has 0 bridgehead atoms. The minimum atomic E-state index is -4.00. The van der Waals surface area contributed by atoms with Gasteiger partial charge in [-0.05, 0) is 28.1 Å². The van der Waals surface area contributed by atoms with Gasteiger partial charge >= 0.3 is 5.97 Å². The van der Waals surface area contributed by atoms with Crippen molar-refractivity contribution in [3.05, 3.63) is 22.2 Å². The van der Waals surface area contributed by atoms with Gasteiger partial charge in [0.2, 0.25) is 10.0 Å². The highest BCUT2D eigenvalue weighted by atomic mass is 79.9. The lowest BCUT2D eigenvalue weighted by Crippen LogP contribution is -2.15. The number of hydrogen-bond donors (Lipinski definition) is 1. The topological polar surface area (TPSA) is 95.7 Å². The first-order chi connectivity index (χ1) is 7.81. The average Bonchev–Trinajstić information content (AvgIpc) is 2.25. The molecule has 2 N–H and O–H groups in total. The molecular weight excluding hydrogens is 314 g/mol. The molecule has 0 spiro atoms. The Morgan fingerprint density at radius 3 is 2.35 bits per heavy atom. The largest absolute Gasteiger partial charge is 0.494 e. The molecule has 8 heteroatoms. The van der Waals surface area contributed by atoms with Crippen molar-refractivity contribution >= 4 is 31.9 Å². The van der Waals surface area contributed by atoms with Crippen molar-refractivity contribution < 1.29 is 22.7 Å². The molecule has 0 saturated heterocycles. The number of primary sulfonamides is 1. The van der Waals surface area contributed by atoms with E-state index in [9.17, 15) is 13.2 Å². The van der Waals surface area contributed by atoms with E-state index in [2.05, 4.69) is 20.7 Å². The third-order valence-electron chi connectivity index (χ3n) is 1.94. The fraction of sp³-hybridized carbons (Fsp3) is 0.222. The molecule has 0 amide bonds. The summed E-state index contributed by atoms with van der Waals surface area (Å²) in [7, 11) is -1.51. The fourth-order valence-electron chi connectivity index (χ4n) is 1.21. The summed E-state index contributed by atoms with van der Waals surface area (Å²) in [6.07, 6.45) is 0. The summed E-state index contributed by atoms with van der Waals surface area (Å²) in [5.74, 6) is -0.626. The van der Waals surface area contributed by atoms with Gasteiger partial charge in [-0.2, -0.15) is 0 Å². The van der Waals surface area contributed by atoms with Gasteiger partial charge in [-0.3, -0.25) is 0 Å². The number of rotatable bonds is 3. The number of methoxy groups -OCH3 is 2. The molecule has 0 aliphatic rings. The van der Waals surface area contributed by atoms with Crippen molar-refractivity contribution in [2.75, 3.05) is 14.2 Å². The Morgan fingerprint density at radius 2 is 1.94 bits per heavy atom. The number of ether oxygens (including phenoxy) is 2. The van der Waals surface area contributed by atoms with Crippen LogP contribution in [0, 0.1) is 0 Å². The van der Waals surface area contributed by atoms with Gasteiger partial charge < -0.3 is 9.47 Å². The molecule has 0 radical (unpaired) electrons. The molecule has 0 heterocycles. The van der Waals surface area contributed by atoms with Crippen LogP contribution in [0.15, 0.2) is 21.5 Å². The number of sulfonamides is 1. The van der Waals surface area contributed by atoms with E-state index in [0.717, 1.165) is 6.07 Å². The number of halogens is 1. The van der Waals surface area contributed by atoms with E-state index in [1.54, 1.807) is 0 Å². The lowest BCUT2D eigenvalue weighted by atomic mass is 10.2. The normalized spacial score (nSPS) is 11.1. The first-order valence-corrected chi connectivity index (χ1v) is 6.64. The molecule has 94 valence electrons. The van der Waals surface area contributed by atoms with Gasteiger partial charge in [0.1, 0.15) is 4.90 Å². The Hall–Kier alpha value is -1.12. The standard InChI is InChI=1S/C9H10BrNO5S/c1-15-8-6(10)3-5(9(12)16-2)4-7(8)17(11,13)14/h3-4H,1-2H3,(H2,11,13,14). The zero-order valence-electron chi connectivity index (χ0n) is 9.06. The van der Waals surface area contributed by atoms with E-state index in [-0.39, 0.29) is 16.2 Å². The average molecular weight is 324 g/mol. The van der Waals surface area contributed by atoms with Gasteiger partial charge in [-0.25, -0.2) is 18.4 Å². The molecular formula is C9H10BrNO5S. The summed E-state index contributed by atoms with van der Waals surface area (Å²) < 4.78 is 32.4. The second kappa shape index (κ2) is 5.03. The van der Waals surface area contributed by atoms with E-state index in [0.29, 0.717) is 4.47 Å². The summed E-state index contributed by atoms with van der Waals surface area (Å²) in [4.78, 5) is 11.0. The lowest BCUT2D eigenvalue weighted by Gasteiger charge is -2.10. The molecule has 0 atom stereocenters. The summed E-state index contributed by atoms with van der Waals surface area (Å²) in [6, 6.07) is 2.49. The van der Waals surface area contributed by atoms with E-state index >= 15 is 0 Å². The molecule has 0 aliphatic heterocycles. The highest BCUT2D eigenvalue weighted by Crippen LogP contribution is 2.33. The van der Waals surface area contributed by atoms with E-state index in [4.69, 9.17) is 9.88 Å². The van der Waals surface area contributed by atoms with Gasteiger partial charge in [-0.15, -0.1) is 0 Å². The van der Waals surface area contributed by atoms with Gasteiger partial charge in [0, 0.05) is 0 Å². The molecule has 1 aromatic carbocycles. The Labute approximate surface area is 107 Å². The van der Waals surface area contributed by atoms with Crippen LogP contribution < -0.4 is 9.88 Å². The second-order valence-electron chi connectivity index (χ2n) is 3.03. The van der Waals surface area contributed by atoms with Crippen LogP contribution in [0.5, 0.6) is 5.75 Å². The van der Waals surface area contributed by atoms with Crippen molar-refractivity contribution in [1.82, 2.24) is 0 Å². The van der Waals surface area contributed by atoms with Gasteiger partial charge in [0.15, 0.2) is 5.75 Å². The molecule has 0 fully saturated rings. The van der Waals surface area contributed by atoms with Gasteiger partial charge in [0.25, 0.3) is 0 Å². The Bertz CT molecular complexity index is 555. The number of esters is 1. The Kier molecular flexibility index (Phi) is 4.12. The van der Waals surface area contributed by atoms with Crippen molar-refractivity contribution in [3.63, 3.8) is 0 Å². The predicted molar refractivity (Wildman–Crippen MR) is 63.4 cm³/mol. The van der Waals surface area contributed by atoms with E-state index < -0.39 is 16.0 Å². The highest BCUT2D eigenvalue weighted by Gasteiger charge is 2.21. The Morgan fingerprint density at radius 1 is 1.35 bits per heavy atom. The predicted octanol–water partition coefficient (Wildman–Crippen LogP) is 0.892. The third-order valence-corrected chi connectivity index (χ3v) is 3.45. The highest BCUT2D eigenvalue weighted by molar-refractivity contribution is 9.10. The maximum atomic E-state index is 11.4. The van der Waals surface area contributed by atoms with Crippen molar-refractivity contribution in [1.29, 1.82) is 0 Å². The van der Waals surface area contributed by atoms with Crippen LogP contribution in [0.25, 0.3) is 0 Å². The monoisotopic (exact) mass is 323 g/mol. The molecule has 0 aromatic heterocycles. The zero-order chi connectivity index (χ0) is 13.2. The summed E-state index contributed by atoms with van der Waals surface area (Å²) in [6.45, 7) is 0.